The molecule has 11 heavy (non-hydrogen) atoms. The Morgan fingerprint density at radius 3 is 2.55 bits per heavy atom. The second-order valence-electron chi connectivity index (χ2n) is 1.70. The van der Waals surface area contributed by atoms with Crippen LogP contribution in [0.2, 0.25) is 0 Å². The fourth-order valence-corrected chi connectivity index (χ4v) is 0.797. The molecule has 0 bridgehead atoms. The van der Waals surface area contributed by atoms with E-state index in [1.807, 2.05) is 0 Å². The van der Waals surface area contributed by atoms with Crippen molar-refractivity contribution in [2.24, 2.45) is 0 Å². The maximum Gasteiger partial charge on any atom is 0.308 e. The SMILES string of the molecule is O=[C]SOc1ccc(F)cc1. The van der Waals surface area contributed by atoms with Crippen LogP contribution in [0.5, 0.6) is 5.75 Å². The van der Waals surface area contributed by atoms with Gasteiger partial charge in [-0.25, -0.2) is 4.39 Å². The van der Waals surface area contributed by atoms with E-state index in [1.165, 1.54) is 29.9 Å². The van der Waals surface area contributed by atoms with Gasteiger partial charge >= 0.3 is 5.62 Å². The number of benzene rings is 1. The molecule has 4 heteroatoms. The first-order chi connectivity index (χ1) is 5.33. The predicted octanol–water partition coefficient (Wildman–Crippen LogP) is 1.92. The Labute approximate surface area is 67.6 Å². The summed E-state index contributed by atoms with van der Waals surface area (Å²) in [5, 5.41) is 0. The molecule has 1 aromatic carbocycles. The van der Waals surface area contributed by atoms with Crippen molar-refractivity contribution in [3.05, 3.63) is 30.1 Å². The minimum Gasteiger partial charge on any atom is -0.417 e. The van der Waals surface area contributed by atoms with Gasteiger partial charge in [0.1, 0.15) is 23.6 Å². The van der Waals surface area contributed by atoms with Gasteiger partial charge in [0.2, 0.25) is 0 Å². The largest absolute Gasteiger partial charge is 0.417 e. The molecule has 0 N–H and O–H groups in total. The first-order valence-corrected chi connectivity index (χ1v) is 3.53. The number of rotatable bonds is 3. The fraction of sp³-hybridized carbons (Fsp3) is 0. The van der Waals surface area contributed by atoms with Crippen molar-refractivity contribution in [3.63, 3.8) is 0 Å². The van der Waals surface area contributed by atoms with Crippen molar-refractivity contribution in [2.75, 3.05) is 0 Å². The zero-order valence-electron chi connectivity index (χ0n) is 5.41. The van der Waals surface area contributed by atoms with Gasteiger partial charge in [-0.05, 0) is 24.3 Å². The van der Waals surface area contributed by atoms with Crippen molar-refractivity contribution < 1.29 is 13.4 Å². The number of hydrogen-bond acceptors (Lipinski definition) is 3. The Morgan fingerprint density at radius 1 is 1.36 bits per heavy atom. The average Bonchev–Trinajstić information content (AvgIpc) is 2.04. The lowest BCUT2D eigenvalue weighted by Crippen LogP contribution is -1.80. The highest BCUT2D eigenvalue weighted by Gasteiger charge is 1.93. The van der Waals surface area contributed by atoms with Gasteiger partial charge < -0.3 is 4.18 Å². The van der Waals surface area contributed by atoms with E-state index in [2.05, 4.69) is 0 Å². The molecule has 1 aromatic rings. The highest BCUT2D eigenvalue weighted by atomic mass is 32.2. The van der Waals surface area contributed by atoms with E-state index in [-0.39, 0.29) is 5.82 Å². The molecule has 0 aliphatic rings. The molecule has 57 valence electrons. The summed E-state index contributed by atoms with van der Waals surface area (Å²) in [6.07, 6.45) is 0. The molecule has 1 rings (SSSR count). The Hall–Kier alpha value is -1.03. The predicted molar refractivity (Wildman–Crippen MR) is 40.3 cm³/mol. The van der Waals surface area contributed by atoms with Gasteiger partial charge in [-0.1, -0.05) is 0 Å². The van der Waals surface area contributed by atoms with Crippen LogP contribution < -0.4 is 4.18 Å². The molecule has 0 aromatic heterocycles. The third-order valence-electron chi connectivity index (χ3n) is 0.986. The van der Waals surface area contributed by atoms with Crippen LogP contribution in [0.1, 0.15) is 0 Å². The van der Waals surface area contributed by atoms with Gasteiger partial charge in [0, 0.05) is 0 Å². The summed E-state index contributed by atoms with van der Waals surface area (Å²) in [4.78, 5) is 9.68. The van der Waals surface area contributed by atoms with E-state index in [0.717, 1.165) is 0 Å². The zero-order valence-corrected chi connectivity index (χ0v) is 6.23. The maximum atomic E-state index is 12.3. The number of hydrogen-bond donors (Lipinski definition) is 0. The van der Waals surface area contributed by atoms with Gasteiger partial charge in [0.15, 0.2) is 0 Å². The average molecular weight is 171 g/mol. The van der Waals surface area contributed by atoms with E-state index < -0.39 is 0 Å². The molecule has 0 saturated heterocycles. The Morgan fingerprint density at radius 2 is 2.00 bits per heavy atom. The van der Waals surface area contributed by atoms with E-state index in [0.29, 0.717) is 17.8 Å². The van der Waals surface area contributed by atoms with Gasteiger partial charge in [-0.2, -0.15) is 0 Å². The van der Waals surface area contributed by atoms with Crippen LogP contribution in [0.25, 0.3) is 0 Å². The van der Waals surface area contributed by atoms with E-state index in [4.69, 9.17) is 4.18 Å². The third-order valence-corrected chi connectivity index (χ3v) is 1.33. The number of halogens is 1. The molecule has 1 radical (unpaired) electrons. The summed E-state index contributed by atoms with van der Waals surface area (Å²) in [6.45, 7) is 0. The molecule has 0 saturated carbocycles. The third kappa shape index (κ3) is 2.59. The molecule has 0 heterocycles. The lowest BCUT2D eigenvalue weighted by molar-refractivity contribution is 0.565. The van der Waals surface area contributed by atoms with Gasteiger partial charge in [0.05, 0.1) is 0 Å². The van der Waals surface area contributed by atoms with E-state index in [9.17, 15) is 9.18 Å². The standard InChI is InChI=1S/C7H4FO2S/c8-6-1-3-7(4-2-6)10-11-5-9/h1-4H. The van der Waals surface area contributed by atoms with Crippen molar-refractivity contribution >= 4 is 17.7 Å². The molecular formula is C7H4FO2S. The smallest absolute Gasteiger partial charge is 0.308 e. The molecule has 0 fully saturated rings. The van der Waals surface area contributed by atoms with Crippen molar-refractivity contribution in [1.82, 2.24) is 0 Å². The highest BCUT2D eigenvalue weighted by molar-refractivity contribution is 8.08. The maximum absolute atomic E-state index is 12.3. The highest BCUT2D eigenvalue weighted by Crippen LogP contribution is 2.14. The minimum absolute atomic E-state index is 0.336. The molecule has 0 atom stereocenters. The van der Waals surface area contributed by atoms with Crippen LogP contribution >= 0.6 is 12.0 Å². The van der Waals surface area contributed by atoms with Crippen LogP contribution in [-0.2, 0) is 4.79 Å². The molecule has 0 aliphatic heterocycles. The van der Waals surface area contributed by atoms with Crippen molar-refractivity contribution in [1.29, 1.82) is 0 Å². The van der Waals surface area contributed by atoms with Crippen LogP contribution in [0, 0.1) is 5.82 Å². The molecule has 0 amide bonds. The van der Waals surface area contributed by atoms with Crippen LogP contribution in [0.4, 0.5) is 4.39 Å². The minimum atomic E-state index is -0.336. The topological polar surface area (TPSA) is 26.3 Å². The van der Waals surface area contributed by atoms with Crippen LogP contribution in [-0.4, -0.2) is 5.62 Å². The summed E-state index contributed by atoms with van der Waals surface area (Å²) in [7, 11) is 0. The number of carbonyl (C=O) groups excluding carboxylic acids is 1. The molecule has 2 nitrogen and oxygen atoms in total. The fourth-order valence-electron chi connectivity index (χ4n) is 0.555. The van der Waals surface area contributed by atoms with E-state index >= 15 is 0 Å². The molecular weight excluding hydrogens is 167 g/mol. The summed E-state index contributed by atoms with van der Waals surface area (Å²) < 4.78 is 17.0. The van der Waals surface area contributed by atoms with Gasteiger partial charge in [-0.15, -0.1) is 0 Å². The zero-order chi connectivity index (χ0) is 8.10. The first-order valence-electron chi connectivity index (χ1n) is 2.79. The molecule has 0 spiro atoms. The monoisotopic (exact) mass is 171 g/mol. The first kappa shape index (κ1) is 8.07. The van der Waals surface area contributed by atoms with E-state index in [1.54, 1.807) is 0 Å². The summed E-state index contributed by atoms with van der Waals surface area (Å²) in [6, 6.07) is 5.36. The summed E-state index contributed by atoms with van der Waals surface area (Å²) in [5.74, 6) is 0.0946. The molecule has 0 unspecified atom stereocenters. The second-order valence-corrected chi connectivity index (χ2v) is 2.20. The second kappa shape index (κ2) is 3.98. The van der Waals surface area contributed by atoms with Crippen molar-refractivity contribution in [3.8, 4) is 5.75 Å². The van der Waals surface area contributed by atoms with Gasteiger partial charge in [-0.3, -0.25) is 4.79 Å². The van der Waals surface area contributed by atoms with Crippen LogP contribution in [0.3, 0.4) is 0 Å². The molecule has 0 aliphatic carbocycles. The van der Waals surface area contributed by atoms with Gasteiger partial charge in [0.25, 0.3) is 0 Å². The summed E-state index contributed by atoms with van der Waals surface area (Å²) >= 11 is 0.539. The Kier molecular flexibility index (Phi) is 2.92. The Bertz CT molecular complexity index is 235. The Balaban J connectivity index is 2.58. The van der Waals surface area contributed by atoms with Crippen molar-refractivity contribution in [2.45, 2.75) is 0 Å². The lowest BCUT2D eigenvalue weighted by Gasteiger charge is -1.96. The normalized spacial score (nSPS) is 9.18. The summed E-state index contributed by atoms with van der Waals surface area (Å²) in [5.41, 5.74) is 1.48. The quantitative estimate of drug-likeness (QED) is 0.650. The van der Waals surface area contributed by atoms with Crippen LogP contribution in [0.15, 0.2) is 24.3 Å². The lowest BCUT2D eigenvalue weighted by atomic mass is 10.3.